The molecule has 4 aromatic heterocycles. The van der Waals surface area contributed by atoms with Gasteiger partial charge in [0.25, 0.3) is 0 Å². The molecule has 0 aromatic carbocycles. The zero-order valence-corrected chi connectivity index (χ0v) is 15.4. The lowest BCUT2D eigenvalue weighted by Gasteiger charge is -2.07. The van der Waals surface area contributed by atoms with Crippen LogP contribution in [-0.4, -0.2) is 34.6 Å². The molecule has 2 fully saturated rings. The van der Waals surface area contributed by atoms with Crippen molar-refractivity contribution in [1.82, 2.24) is 34.6 Å². The smallest absolute Gasteiger partial charge is 0.197 e. The second-order valence-electron chi connectivity index (χ2n) is 6.80. The van der Waals surface area contributed by atoms with Crippen LogP contribution in [0.3, 0.4) is 0 Å². The fourth-order valence-corrected chi connectivity index (χ4v) is 4.65. The Kier molecular flexibility index (Phi) is 3.21. The fourth-order valence-electron chi connectivity index (χ4n) is 3.15. The van der Waals surface area contributed by atoms with Crippen LogP contribution < -0.4 is 0 Å². The molecule has 0 bridgehead atoms. The average Bonchev–Trinajstić information content (AvgIpc) is 3.54. The number of hydrogen-bond donors (Lipinski definition) is 0. The monoisotopic (exact) mass is 381 g/mol. The zero-order valence-electron chi connectivity index (χ0n) is 13.8. The topological polar surface area (TPSA) is 73.8 Å². The largest absolute Gasteiger partial charge is 0.302 e. The Balaban J connectivity index is 1.39. The molecule has 4 heterocycles. The molecule has 2 saturated carbocycles. The van der Waals surface area contributed by atoms with Crippen LogP contribution in [0.5, 0.6) is 0 Å². The van der Waals surface area contributed by atoms with E-state index in [1.54, 1.807) is 23.1 Å². The summed E-state index contributed by atoms with van der Waals surface area (Å²) in [4.78, 5) is 0. The van der Waals surface area contributed by atoms with Gasteiger partial charge in [0.15, 0.2) is 16.6 Å². The molecular weight excluding hydrogens is 366 g/mol. The van der Waals surface area contributed by atoms with Gasteiger partial charge >= 0.3 is 0 Å². The van der Waals surface area contributed by atoms with Crippen molar-refractivity contribution < 1.29 is 0 Å². The highest BCUT2D eigenvalue weighted by atomic mass is 32.2. The quantitative estimate of drug-likeness (QED) is 0.523. The van der Waals surface area contributed by atoms with Gasteiger partial charge in [-0.15, -0.1) is 20.4 Å². The molecule has 2 aliphatic rings. The van der Waals surface area contributed by atoms with E-state index < -0.39 is 0 Å². The van der Waals surface area contributed by atoms with Crippen molar-refractivity contribution in [3.63, 3.8) is 0 Å². The SMILES string of the molecule is c1cc(-c2nnc3ccc(Sc4nnc(C5CC5)n4C4CC4)nn23)cs1. The van der Waals surface area contributed by atoms with Gasteiger partial charge in [0.1, 0.15) is 10.9 Å². The molecule has 0 amide bonds. The third-order valence-corrected chi connectivity index (χ3v) is 6.33. The van der Waals surface area contributed by atoms with E-state index in [0.29, 0.717) is 12.0 Å². The second-order valence-corrected chi connectivity index (χ2v) is 8.56. The highest BCUT2D eigenvalue weighted by Crippen LogP contribution is 2.46. The molecule has 0 aliphatic heterocycles. The Hall–Kier alpha value is -2.26. The Labute approximate surface area is 157 Å². The maximum absolute atomic E-state index is 4.76. The first kappa shape index (κ1) is 14.9. The van der Waals surface area contributed by atoms with Crippen molar-refractivity contribution in [3.05, 3.63) is 34.8 Å². The molecule has 4 aromatic rings. The predicted molar refractivity (Wildman–Crippen MR) is 98.5 cm³/mol. The normalized spacial score (nSPS) is 17.2. The zero-order chi connectivity index (χ0) is 17.1. The number of rotatable bonds is 5. The number of thiophene rings is 1. The molecule has 0 atom stereocenters. The van der Waals surface area contributed by atoms with E-state index in [1.165, 1.54) is 31.5 Å². The highest BCUT2D eigenvalue weighted by molar-refractivity contribution is 7.99. The minimum absolute atomic E-state index is 0.572. The first-order valence-corrected chi connectivity index (χ1v) is 10.5. The van der Waals surface area contributed by atoms with E-state index >= 15 is 0 Å². The molecule has 2 aliphatic carbocycles. The van der Waals surface area contributed by atoms with Gasteiger partial charge in [0.2, 0.25) is 0 Å². The summed E-state index contributed by atoms with van der Waals surface area (Å²) in [6.07, 6.45) is 4.94. The predicted octanol–water partition coefficient (Wildman–Crippen LogP) is 3.81. The molecule has 130 valence electrons. The molecule has 7 nitrogen and oxygen atoms in total. The van der Waals surface area contributed by atoms with Crippen LogP contribution >= 0.6 is 23.1 Å². The van der Waals surface area contributed by atoms with Gasteiger partial charge in [-0.05, 0) is 61.0 Å². The molecule has 0 unspecified atom stereocenters. The number of hydrogen-bond acceptors (Lipinski definition) is 7. The van der Waals surface area contributed by atoms with Crippen LogP contribution in [0.25, 0.3) is 17.0 Å². The van der Waals surface area contributed by atoms with Crippen molar-refractivity contribution in [2.45, 2.75) is 47.8 Å². The van der Waals surface area contributed by atoms with Crippen LogP contribution in [-0.2, 0) is 0 Å². The van der Waals surface area contributed by atoms with Gasteiger partial charge in [0.05, 0.1) is 0 Å². The summed E-state index contributed by atoms with van der Waals surface area (Å²) in [5.41, 5.74) is 1.78. The van der Waals surface area contributed by atoms with E-state index in [2.05, 4.69) is 30.3 Å². The second kappa shape index (κ2) is 5.62. The van der Waals surface area contributed by atoms with Crippen molar-refractivity contribution in [1.29, 1.82) is 0 Å². The fraction of sp³-hybridized carbons (Fsp3) is 0.353. The van der Waals surface area contributed by atoms with Gasteiger partial charge < -0.3 is 4.57 Å². The van der Waals surface area contributed by atoms with Gasteiger partial charge in [-0.1, -0.05) is 0 Å². The minimum Gasteiger partial charge on any atom is -0.302 e. The first-order valence-electron chi connectivity index (χ1n) is 8.74. The first-order chi connectivity index (χ1) is 12.9. The van der Waals surface area contributed by atoms with Crippen molar-refractivity contribution in [2.75, 3.05) is 0 Å². The van der Waals surface area contributed by atoms with Gasteiger partial charge in [-0.2, -0.15) is 21.0 Å². The maximum Gasteiger partial charge on any atom is 0.197 e. The van der Waals surface area contributed by atoms with Crippen molar-refractivity contribution in [3.8, 4) is 11.4 Å². The summed E-state index contributed by atoms with van der Waals surface area (Å²) >= 11 is 3.22. The van der Waals surface area contributed by atoms with E-state index in [-0.39, 0.29) is 0 Å². The van der Waals surface area contributed by atoms with Crippen LogP contribution in [0, 0.1) is 0 Å². The number of aromatic nitrogens is 7. The molecule has 6 rings (SSSR count). The standard InChI is InChI=1S/C17H15N7S2/c1-2-10(1)15-19-21-17(23(15)12-3-4-12)26-14-6-5-13-18-20-16(24(13)22-14)11-7-8-25-9-11/h5-10,12H,1-4H2. The third kappa shape index (κ3) is 2.45. The Morgan fingerprint density at radius 2 is 1.92 bits per heavy atom. The molecular formula is C17H15N7S2. The summed E-state index contributed by atoms with van der Waals surface area (Å²) in [6, 6.07) is 6.55. The Bertz CT molecular complexity index is 1090. The summed E-state index contributed by atoms with van der Waals surface area (Å²) in [7, 11) is 0. The summed E-state index contributed by atoms with van der Waals surface area (Å²) < 4.78 is 4.16. The number of fused-ring (bicyclic) bond motifs is 1. The lowest BCUT2D eigenvalue weighted by Crippen LogP contribution is -2.02. The molecule has 0 N–H and O–H groups in total. The molecule has 0 saturated heterocycles. The van der Waals surface area contributed by atoms with E-state index in [9.17, 15) is 0 Å². The molecule has 26 heavy (non-hydrogen) atoms. The van der Waals surface area contributed by atoms with Crippen LogP contribution in [0.2, 0.25) is 0 Å². The van der Waals surface area contributed by atoms with Gasteiger partial charge in [-0.3, -0.25) is 0 Å². The molecule has 0 spiro atoms. The number of nitrogens with zero attached hydrogens (tertiary/aromatic N) is 7. The van der Waals surface area contributed by atoms with Gasteiger partial charge in [-0.25, -0.2) is 0 Å². The van der Waals surface area contributed by atoms with E-state index in [1.807, 2.05) is 28.1 Å². The van der Waals surface area contributed by atoms with E-state index in [4.69, 9.17) is 5.10 Å². The molecule has 0 radical (unpaired) electrons. The highest BCUT2D eigenvalue weighted by Gasteiger charge is 2.36. The molecule has 9 heteroatoms. The maximum atomic E-state index is 4.76. The van der Waals surface area contributed by atoms with Crippen LogP contribution in [0.15, 0.2) is 39.1 Å². The Morgan fingerprint density at radius 3 is 2.69 bits per heavy atom. The lowest BCUT2D eigenvalue weighted by atomic mass is 10.3. The third-order valence-electron chi connectivity index (χ3n) is 4.76. The summed E-state index contributed by atoms with van der Waals surface area (Å²) in [5, 5.41) is 28.1. The summed E-state index contributed by atoms with van der Waals surface area (Å²) in [5.74, 6) is 2.54. The average molecular weight is 381 g/mol. The Morgan fingerprint density at radius 1 is 1.00 bits per heavy atom. The van der Waals surface area contributed by atoms with Gasteiger partial charge in [0, 0.05) is 22.9 Å². The van der Waals surface area contributed by atoms with Crippen molar-refractivity contribution in [2.24, 2.45) is 0 Å². The van der Waals surface area contributed by atoms with E-state index in [0.717, 1.165) is 27.2 Å². The summed E-state index contributed by atoms with van der Waals surface area (Å²) in [6.45, 7) is 0. The van der Waals surface area contributed by atoms with Crippen LogP contribution in [0.4, 0.5) is 0 Å². The van der Waals surface area contributed by atoms with Crippen LogP contribution in [0.1, 0.15) is 43.5 Å². The lowest BCUT2D eigenvalue weighted by molar-refractivity contribution is 0.626. The van der Waals surface area contributed by atoms with Crippen molar-refractivity contribution >= 4 is 28.7 Å². The minimum atomic E-state index is 0.572.